The molecule has 0 bridgehead atoms. The molecule has 0 atom stereocenters. The molecule has 18 heavy (non-hydrogen) atoms. The third-order valence-corrected chi connectivity index (χ3v) is 3.83. The Morgan fingerprint density at radius 3 is 2.67 bits per heavy atom. The third kappa shape index (κ3) is 4.58. The van der Waals surface area contributed by atoms with E-state index in [2.05, 4.69) is 17.6 Å². The van der Waals surface area contributed by atoms with Gasteiger partial charge in [0.15, 0.2) is 0 Å². The van der Waals surface area contributed by atoms with Crippen LogP contribution in [0.5, 0.6) is 0 Å². The van der Waals surface area contributed by atoms with Gasteiger partial charge in [-0.25, -0.2) is 0 Å². The lowest BCUT2D eigenvalue weighted by Gasteiger charge is -2.36. The summed E-state index contributed by atoms with van der Waals surface area (Å²) < 4.78 is 5.00. The summed E-state index contributed by atoms with van der Waals surface area (Å²) in [6, 6.07) is 0. The molecule has 0 aromatic heterocycles. The minimum Gasteiger partial charge on any atom is -0.385 e. The van der Waals surface area contributed by atoms with Crippen LogP contribution in [-0.4, -0.2) is 39.3 Å². The first kappa shape index (κ1) is 15.4. The summed E-state index contributed by atoms with van der Waals surface area (Å²) in [5.74, 6) is 0.267. The molecule has 0 spiro atoms. The van der Waals surface area contributed by atoms with E-state index in [1.54, 1.807) is 7.11 Å². The minimum atomic E-state index is -0.110. The Balaban J connectivity index is 2.35. The van der Waals surface area contributed by atoms with Gasteiger partial charge in [0.2, 0.25) is 5.91 Å². The fourth-order valence-corrected chi connectivity index (χ4v) is 2.74. The second-order valence-electron chi connectivity index (χ2n) is 5.24. The topological polar surface area (TPSA) is 50.4 Å². The molecule has 1 rings (SSSR count). The number of ether oxygens (including phenoxy) is 1. The lowest BCUT2D eigenvalue weighted by molar-refractivity contribution is -0.133. The van der Waals surface area contributed by atoms with Crippen LogP contribution in [0.3, 0.4) is 0 Å². The molecule has 1 aliphatic heterocycles. The zero-order valence-corrected chi connectivity index (χ0v) is 11.9. The molecule has 1 heterocycles. The van der Waals surface area contributed by atoms with Crippen molar-refractivity contribution in [2.45, 2.75) is 45.4 Å². The molecule has 2 N–H and O–H groups in total. The average Bonchev–Trinajstić information content (AvgIpc) is 2.39. The smallest absolute Gasteiger partial charge is 0.226 e. The Bertz CT molecular complexity index is 232. The Kier molecular flexibility index (Phi) is 7.28. The lowest BCUT2D eigenvalue weighted by Crippen LogP contribution is -2.47. The molecular formula is C14H28N2O2. The molecule has 1 amide bonds. The number of piperidine rings is 1. The highest BCUT2D eigenvalue weighted by Gasteiger charge is 2.38. The molecule has 0 aromatic carbocycles. The number of unbranched alkanes of at least 4 members (excludes halogenated alkanes) is 1. The summed E-state index contributed by atoms with van der Waals surface area (Å²) in [4.78, 5) is 12.4. The van der Waals surface area contributed by atoms with Gasteiger partial charge in [0, 0.05) is 20.3 Å². The Morgan fingerprint density at radius 2 is 2.06 bits per heavy atom. The molecule has 0 aliphatic carbocycles. The fraction of sp³-hybridized carbons (Fsp3) is 0.929. The van der Waals surface area contributed by atoms with E-state index in [1.165, 1.54) is 0 Å². The monoisotopic (exact) mass is 256 g/mol. The van der Waals surface area contributed by atoms with Crippen LogP contribution >= 0.6 is 0 Å². The summed E-state index contributed by atoms with van der Waals surface area (Å²) in [6.45, 7) is 5.66. The Hall–Kier alpha value is -0.610. The summed E-state index contributed by atoms with van der Waals surface area (Å²) >= 11 is 0. The number of methoxy groups -OCH3 is 1. The van der Waals surface area contributed by atoms with Crippen LogP contribution in [-0.2, 0) is 9.53 Å². The van der Waals surface area contributed by atoms with Gasteiger partial charge >= 0.3 is 0 Å². The van der Waals surface area contributed by atoms with Crippen LogP contribution in [0.2, 0.25) is 0 Å². The predicted octanol–water partition coefficient (Wildman–Crippen LogP) is 1.70. The number of rotatable bonds is 8. The van der Waals surface area contributed by atoms with E-state index in [0.29, 0.717) is 0 Å². The first-order valence-corrected chi connectivity index (χ1v) is 7.23. The Morgan fingerprint density at radius 1 is 1.33 bits per heavy atom. The van der Waals surface area contributed by atoms with E-state index < -0.39 is 0 Å². The van der Waals surface area contributed by atoms with E-state index in [1.807, 2.05) is 0 Å². The molecule has 1 aliphatic rings. The number of nitrogens with one attached hydrogen (secondary N) is 2. The van der Waals surface area contributed by atoms with E-state index in [4.69, 9.17) is 4.74 Å². The molecule has 4 nitrogen and oxygen atoms in total. The molecule has 0 saturated carbocycles. The lowest BCUT2D eigenvalue weighted by atomic mass is 9.74. The van der Waals surface area contributed by atoms with Gasteiger partial charge in [-0.15, -0.1) is 0 Å². The van der Waals surface area contributed by atoms with Crippen LogP contribution in [0.15, 0.2) is 0 Å². The van der Waals surface area contributed by atoms with Gasteiger partial charge in [-0.2, -0.15) is 0 Å². The van der Waals surface area contributed by atoms with Crippen molar-refractivity contribution in [3.05, 3.63) is 0 Å². The molecule has 0 aromatic rings. The average molecular weight is 256 g/mol. The van der Waals surface area contributed by atoms with Crippen molar-refractivity contribution in [3.8, 4) is 0 Å². The van der Waals surface area contributed by atoms with Crippen molar-refractivity contribution in [2.75, 3.05) is 33.4 Å². The number of amides is 1. The number of hydrogen-bond acceptors (Lipinski definition) is 3. The van der Waals surface area contributed by atoms with Gasteiger partial charge in [0.1, 0.15) is 0 Å². The summed E-state index contributed by atoms with van der Waals surface area (Å²) in [6.07, 6.45) is 6.06. The Labute approximate surface area is 111 Å². The zero-order chi connectivity index (χ0) is 13.3. The van der Waals surface area contributed by atoms with Gasteiger partial charge in [0.05, 0.1) is 5.41 Å². The van der Waals surface area contributed by atoms with Crippen molar-refractivity contribution in [1.29, 1.82) is 0 Å². The minimum absolute atomic E-state index is 0.110. The fourth-order valence-electron chi connectivity index (χ4n) is 2.74. The molecule has 4 heteroatoms. The van der Waals surface area contributed by atoms with Crippen LogP contribution in [0, 0.1) is 5.41 Å². The van der Waals surface area contributed by atoms with Gasteiger partial charge in [0.25, 0.3) is 0 Å². The SMILES string of the molecule is CCCC1(C(=O)NCCCCOC)CCNCC1. The van der Waals surface area contributed by atoms with Crippen LogP contribution in [0.1, 0.15) is 45.4 Å². The molecule has 0 unspecified atom stereocenters. The van der Waals surface area contributed by atoms with Crippen molar-refractivity contribution >= 4 is 5.91 Å². The van der Waals surface area contributed by atoms with Gasteiger partial charge in [-0.3, -0.25) is 4.79 Å². The zero-order valence-electron chi connectivity index (χ0n) is 11.9. The highest BCUT2D eigenvalue weighted by Crippen LogP contribution is 2.34. The van der Waals surface area contributed by atoms with Gasteiger partial charge in [-0.05, 0) is 45.2 Å². The molecular weight excluding hydrogens is 228 g/mol. The van der Waals surface area contributed by atoms with Crippen molar-refractivity contribution in [1.82, 2.24) is 10.6 Å². The largest absolute Gasteiger partial charge is 0.385 e. The van der Waals surface area contributed by atoms with Crippen molar-refractivity contribution in [2.24, 2.45) is 5.41 Å². The summed E-state index contributed by atoms with van der Waals surface area (Å²) in [5, 5.41) is 6.45. The van der Waals surface area contributed by atoms with Crippen molar-refractivity contribution in [3.63, 3.8) is 0 Å². The van der Waals surface area contributed by atoms with Crippen molar-refractivity contribution < 1.29 is 9.53 Å². The second-order valence-corrected chi connectivity index (χ2v) is 5.24. The van der Waals surface area contributed by atoms with Gasteiger partial charge < -0.3 is 15.4 Å². The highest BCUT2D eigenvalue weighted by atomic mass is 16.5. The molecule has 106 valence electrons. The van der Waals surface area contributed by atoms with Crippen LogP contribution in [0.25, 0.3) is 0 Å². The van der Waals surface area contributed by atoms with Gasteiger partial charge in [-0.1, -0.05) is 13.3 Å². The van der Waals surface area contributed by atoms with Crippen LogP contribution < -0.4 is 10.6 Å². The number of carbonyl (C=O) groups excluding carboxylic acids is 1. The number of carbonyl (C=O) groups is 1. The first-order chi connectivity index (χ1) is 8.75. The van der Waals surface area contributed by atoms with E-state index in [9.17, 15) is 4.79 Å². The maximum absolute atomic E-state index is 12.4. The summed E-state index contributed by atoms with van der Waals surface area (Å²) in [7, 11) is 1.71. The predicted molar refractivity (Wildman–Crippen MR) is 73.6 cm³/mol. The first-order valence-electron chi connectivity index (χ1n) is 7.23. The van der Waals surface area contributed by atoms with E-state index in [0.717, 1.165) is 64.8 Å². The standard InChI is InChI=1S/C14H28N2O2/c1-3-6-14(7-10-15-11-8-14)13(17)16-9-4-5-12-18-2/h15H,3-12H2,1-2H3,(H,16,17). The summed E-state index contributed by atoms with van der Waals surface area (Å²) in [5.41, 5.74) is -0.110. The third-order valence-electron chi connectivity index (χ3n) is 3.83. The van der Waals surface area contributed by atoms with Crippen LogP contribution in [0.4, 0.5) is 0 Å². The normalized spacial score (nSPS) is 18.6. The van der Waals surface area contributed by atoms with E-state index >= 15 is 0 Å². The van der Waals surface area contributed by atoms with E-state index in [-0.39, 0.29) is 11.3 Å². The maximum atomic E-state index is 12.4. The second kappa shape index (κ2) is 8.48. The maximum Gasteiger partial charge on any atom is 0.226 e. The highest BCUT2D eigenvalue weighted by molar-refractivity contribution is 5.82. The number of hydrogen-bond donors (Lipinski definition) is 2. The molecule has 1 saturated heterocycles. The molecule has 1 fully saturated rings. The molecule has 0 radical (unpaired) electrons. The quantitative estimate of drug-likeness (QED) is 0.650.